The highest BCUT2D eigenvalue weighted by molar-refractivity contribution is 6.17. The smallest absolute Gasteiger partial charge is 0.0467 e. The van der Waals surface area contributed by atoms with E-state index in [0.717, 1.165) is 34.1 Å². The van der Waals surface area contributed by atoms with Gasteiger partial charge in [0.15, 0.2) is 0 Å². The maximum absolute atomic E-state index is 2.53. The lowest BCUT2D eigenvalue weighted by Gasteiger charge is -2.28. The Morgan fingerprint density at radius 2 is 0.575 bits per heavy atom. The van der Waals surface area contributed by atoms with Crippen LogP contribution in [0.4, 0.5) is 34.1 Å². The SMILES string of the molecule is CC1(C)c2cc(N(c3ccccc3)c3ccccc3)ccc2-c2cc3c(cc21)-c1ccc(N(c2ccccc2)c2cccc(-c4ccc(-c5cccc6ccccc56)c5c(-c6cccc7ccccc67)cccc45)c2)cc1C3(C)C. The zero-order valence-electron chi connectivity index (χ0n) is 45.5. The highest BCUT2D eigenvalue weighted by Gasteiger charge is 2.42. The molecule has 0 aliphatic heterocycles. The molecule has 80 heavy (non-hydrogen) atoms. The van der Waals surface area contributed by atoms with Crippen molar-refractivity contribution in [3.8, 4) is 55.6 Å². The summed E-state index contributed by atoms with van der Waals surface area (Å²) in [7, 11) is 0. The Morgan fingerprint density at radius 3 is 1.10 bits per heavy atom. The molecule has 0 N–H and O–H groups in total. The minimum atomic E-state index is -0.253. The molecule has 0 heterocycles. The van der Waals surface area contributed by atoms with Gasteiger partial charge < -0.3 is 9.80 Å². The van der Waals surface area contributed by atoms with E-state index in [1.165, 1.54) is 110 Å². The molecule has 0 radical (unpaired) electrons. The van der Waals surface area contributed by atoms with Gasteiger partial charge in [-0.15, -0.1) is 0 Å². The second-order valence-electron chi connectivity index (χ2n) is 22.8. The molecule has 0 saturated heterocycles. The van der Waals surface area contributed by atoms with Gasteiger partial charge in [0.1, 0.15) is 0 Å². The zero-order chi connectivity index (χ0) is 53.7. The van der Waals surface area contributed by atoms with Crippen molar-refractivity contribution < 1.29 is 0 Å². The van der Waals surface area contributed by atoms with E-state index in [9.17, 15) is 0 Å². The summed E-state index contributed by atoms with van der Waals surface area (Å²) in [6, 6.07) is 104. The molecule has 0 fully saturated rings. The average molecular weight is 1020 g/mol. The monoisotopic (exact) mass is 1020 g/mol. The van der Waals surface area contributed by atoms with E-state index < -0.39 is 0 Å². The van der Waals surface area contributed by atoms with Gasteiger partial charge in [-0.3, -0.25) is 0 Å². The number of benzene rings is 13. The number of anilines is 6. The number of fused-ring (bicyclic) bond motifs is 9. The highest BCUT2D eigenvalue weighted by atomic mass is 15.1. The van der Waals surface area contributed by atoms with Gasteiger partial charge in [-0.2, -0.15) is 0 Å². The predicted molar refractivity (Wildman–Crippen MR) is 340 cm³/mol. The van der Waals surface area contributed by atoms with Crippen LogP contribution in [0.25, 0.3) is 88.0 Å². The summed E-state index contributed by atoms with van der Waals surface area (Å²) in [6.45, 7) is 9.65. The first-order chi connectivity index (χ1) is 39.2. The molecule has 0 atom stereocenters. The Kier molecular flexibility index (Phi) is 10.9. The first-order valence-electron chi connectivity index (χ1n) is 28.1. The van der Waals surface area contributed by atoms with Crippen molar-refractivity contribution >= 4 is 66.4 Å². The zero-order valence-corrected chi connectivity index (χ0v) is 45.5. The van der Waals surface area contributed by atoms with Crippen LogP contribution in [0.1, 0.15) is 49.9 Å². The fourth-order valence-electron chi connectivity index (χ4n) is 13.7. The van der Waals surface area contributed by atoms with E-state index in [2.05, 4.69) is 317 Å². The number of nitrogens with zero attached hydrogens (tertiary/aromatic N) is 2. The van der Waals surface area contributed by atoms with Gasteiger partial charge in [0, 0.05) is 45.0 Å². The Balaban J connectivity index is 0.839. The van der Waals surface area contributed by atoms with Crippen molar-refractivity contribution in [2.45, 2.75) is 38.5 Å². The number of hydrogen-bond acceptors (Lipinski definition) is 2. The van der Waals surface area contributed by atoms with Crippen LogP contribution < -0.4 is 9.80 Å². The first kappa shape index (κ1) is 47.5. The van der Waals surface area contributed by atoms with Crippen LogP contribution in [-0.2, 0) is 10.8 Å². The van der Waals surface area contributed by atoms with Gasteiger partial charge in [0.25, 0.3) is 0 Å². The van der Waals surface area contributed by atoms with Gasteiger partial charge in [-0.05, 0) is 195 Å². The van der Waals surface area contributed by atoms with E-state index in [1.54, 1.807) is 0 Å². The summed E-state index contributed by atoms with van der Waals surface area (Å²) >= 11 is 0. The maximum atomic E-state index is 2.53. The predicted octanol–water partition coefficient (Wildman–Crippen LogP) is 21.7. The van der Waals surface area contributed by atoms with Crippen molar-refractivity contribution in [2.75, 3.05) is 9.80 Å². The summed E-state index contributed by atoms with van der Waals surface area (Å²) in [5.74, 6) is 0. The lowest BCUT2D eigenvalue weighted by molar-refractivity contribution is 0.652. The van der Waals surface area contributed by atoms with Crippen molar-refractivity contribution in [3.63, 3.8) is 0 Å². The first-order valence-corrected chi connectivity index (χ1v) is 28.1. The maximum Gasteiger partial charge on any atom is 0.0467 e. The molecule has 2 nitrogen and oxygen atoms in total. The molecule has 13 aromatic carbocycles. The number of hydrogen-bond donors (Lipinski definition) is 0. The lowest BCUT2D eigenvalue weighted by atomic mass is 9.79. The van der Waals surface area contributed by atoms with Crippen molar-refractivity contribution in [1.82, 2.24) is 0 Å². The van der Waals surface area contributed by atoms with Crippen LogP contribution in [0, 0.1) is 0 Å². The Bertz CT molecular complexity index is 4450. The molecule has 0 aromatic heterocycles. The van der Waals surface area contributed by atoms with E-state index in [-0.39, 0.29) is 10.8 Å². The van der Waals surface area contributed by atoms with Crippen molar-refractivity contribution in [1.29, 1.82) is 0 Å². The summed E-state index contributed by atoms with van der Waals surface area (Å²) in [5, 5.41) is 7.45. The minimum absolute atomic E-state index is 0.213. The summed E-state index contributed by atoms with van der Waals surface area (Å²) in [5.41, 5.74) is 24.4. The van der Waals surface area contributed by atoms with Crippen LogP contribution in [0.15, 0.2) is 279 Å². The van der Waals surface area contributed by atoms with Crippen LogP contribution >= 0.6 is 0 Å². The van der Waals surface area contributed by atoms with Crippen LogP contribution in [0.2, 0.25) is 0 Å². The van der Waals surface area contributed by atoms with E-state index in [4.69, 9.17) is 0 Å². The van der Waals surface area contributed by atoms with E-state index in [1.807, 2.05) is 0 Å². The minimum Gasteiger partial charge on any atom is -0.310 e. The Morgan fingerprint density at radius 1 is 0.225 bits per heavy atom. The van der Waals surface area contributed by atoms with Crippen LogP contribution in [0.3, 0.4) is 0 Å². The number of para-hydroxylation sites is 3. The third-order valence-corrected chi connectivity index (χ3v) is 17.6. The standard InChI is InChI=1S/C78H58N2/c1-77(2)72-47-58(79(54-27-8-5-9-28-54)55-29-10-6-11-30-55)40-42-65(72)70-49-75-71(50-74(70)77)66-43-41-59(48-73(66)78(75,3)4)80(56-31-12-7-13-32-56)57-33-18-26-53(46-57)62-44-45-69(64-37-20-25-52-23-15-17-35-61(52)64)76-67(62)38-21-39-68(76)63-36-19-24-51-22-14-16-34-60(51)63/h5-50H,1-4H3. The molecule has 2 heteroatoms. The molecule has 0 bridgehead atoms. The van der Waals surface area contributed by atoms with Crippen molar-refractivity contribution in [3.05, 3.63) is 301 Å². The molecular formula is C78H58N2. The van der Waals surface area contributed by atoms with Gasteiger partial charge in [-0.1, -0.05) is 222 Å². The fourth-order valence-corrected chi connectivity index (χ4v) is 13.7. The normalized spacial score (nSPS) is 13.4. The summed E-state index contributed by atoms with van der Waals surface area (Å²) in [6.07, 6.45) is 0. The van der Waals surface area contributed by atoms with E-state index in [0.29, 0.717) is 0 Å². The molecule has 380 valence electrons. The average Bonchev–Trinajstić information content (AvgIpc) is 4.12. The molecule has 2 aliphatic carbocycles. The largest absolute Gasteiger partial charge is 0.310 e. The molecule has 0 saturated carbocycles. The van der Waals surface area contributed by atoms with Crippen LogP contribution in [0.5, 0.6) is 0 Å². The molecule has 0 unspecified atom stereocenters. The lowest BCUT2D eigenvalue weighted by Crippen LogP contribution is -2.18. The molecule has 15 rings (SSSR count). The Hall–Kier alpha value is -9.76. The summed E-state index contributed by atoms with van der Waals surface area (Å²) < 4.78 is 0. The molecule has 0 amide bonds. The van der Waals surface area contributed by atoms with Gasteiger partial charge >= 0.3 is 0 Å². The third kappa shape index (κ3) is 7.47. The summed E-state index contributed by atoms with van der Waals surface area (Å²) in [4.78, 5) is 4.82. The molecule has 13 aromatic rings. The van der Waals surface area contributed by atoms with Gasteiger partial charge in [0.05, 0.1) is 0 Å². The second kappa shape index (κ2) is 18.4. The van der Waals surface area contributed by atoms with Gasteiger partial charge in [-0.25, -0.2) is 0 Å². The van der Waals surface area contributed by atoms with Crippen molar-refractivity contribution in [2.24, 2.45) is 0 Å². The molecule has 2 aliphatic rings. The molecule has 0 spiro atoms. The van der Waals surface area contributed by atoms with Crippen LogP contribution in [-0.4, -0.2) is 0 Å². The molecular weight excluding hydrogens is 965 g/mol. The highest BCUT2D eigenvalue weighted by Crippen LogP contribution is 2.58. The Labute approximate surface area is 469 Å². The van der Waals surface area contributed by atoms with Gasteiger partial charge in [0.2, 0.25) is 0 Å². The quantitative estimate of drug-likeness (QED) is 0.142. The third-order valence-electron chi connectivity index (χ3n) is 17.6. The second-order valence-corrected chi connectivity index (χ2v) is 22.8. The topological polar surface area (TPSA) is 6.48 Å². The fraction of sp³-hybridized carbons (Fsp3) is 0.0769. The van der Waals surface area contributed by atoms with E-state index >= 15 is 0 Å². The number of rotatable bonds is 9.